The number of ether oxygens (including phenoxy) is 1. The van der Waals surface area contributed by atoms with Gasteiger partial charge >= 0.3 is 6.18 Å². The summed E-state index contributed by atoms with van der Waals surface area (Å²) in [5, 5.41) is 2.60. The maximum Gasteiger partial charge on any atom is 0.433 e. The maximum atomic E-state index is 13.7. The Bertz CT molecular complexity index is 1820. The van der Waals surface area contributed by atoms with E-state index in [-0.39, 0.29) is 49.7 Å². The first-order valence-corrected chi connectivity index (χ1v) is 13.8. The number of nitrogens with two attached hydrogens (primary N) is 1. The van der Waals surface area contributed by atoms with E-state index in [2.05, 4.69) is 31.1 Å². The van der Waals surface area contributed by atoms with Crippen LogP contribution in [-0.2, 0) is 18.2 Å². The molecule has 7 nitrogen and oxygen atoms in total. The Morgan fingerprint density at radius 1 is 1.00 bits per heavy atom. The van der Waals surface area contributed by atoms with E-state index in [0.717, 1.165) is 23.8 Å². The molecule has 12 heteroatoms. The van der Waals surface area contributed by atoms with E-state index >= 15 is 0 Å². The zero-order valence-corrected chi connectivity index (χ0v) is 24.0. The van der Waals surface area contributed by atoms with Crippen molar-refractivity contribution in [2.24, 2.45) is 5.73 Å². The molecule has 0 saturated heterocycles. The average Bonchev–Trinajstić information content (AvgIpc) is 3.56. The Hall–Kier alpha value is -4.71. The molecule has 0 saturated carbocycles. The normalized spacial score (nSPS) is 12.0. The van der Waals surface area contributed by atoms with E-state index in [1.807, 2.05) is 24.3 Å². The number of halogens is 4. The number of carbonyl (C=O) groups is 2. The molecule has 0 atom stereocenters. The standard InChI is InChI=1S/C31H25F4N3O4S/c1-30(2,3)17-6-10-19(11-7-17)41-15-20-12-13-22(42-20)28(40)38-25-24-21(16-4-8-18(32)9-5-16)14-23(31(33,34)35)37-29(24)43-26(25)27(36)39/h4-14H,15H2,1-3H3,(H2,36,39)(H,38,40). The van der Waals surface area contributed by atoms with Crippen LogP contribution in [0.2, 0.25) is 0 Å². The fourth-order valence-electron chi connectivity index (χ4n) is 4.35. The first kappa shape index (κ1) is 29.8. The van der Waals surface area contributed by atoms with Crippen LogP contribution in [0.25, 0.3) is 21.3 Å². The number of rotatable bonds is 7. The van der Waals surface area contributed by atoms with Gasteiger partial charge in [0.1, 0.15) is 39.3 Å². The molecule has 5 rings (SSSR count). The Labute approximate surface area is 247 Å². The lowest BCUT2D eigenvalue weighted by Crippen LogP contribution is -2.16. The molecule has 0 bridgehead atoms. The number of thiophene rings is 1. The Morgan fingerprint density at radius 3 is 2.28 bits per heavy atom. The van der Waals surface area contributed by atoms with Crippen LogP contribution in [0, 0.1) is 5.82 Å². The molecule has 0 fully saturated rings. The number of pyridine rings is 1. The van der Waals surface area contributed by atoms with Gasteiger partial charge in [-0.2, -0.15) is 13.2 Å². The zero-order valence-electron chi connectivity index (χ0n) is 23.1. The lowest BCUT2D eigenvalue weighted by molar-refractivity contribution is -0.140. The minimum absolute atomic E-state index is 0.0135. The van der Waals surface area contributed by atoms with E-state index in [1.54, 1.807) is 6.07 Å². The summed E-state index contributed by atoms with van der Waals surface area (Å²) >= 11 is 0.600. The third-order valence-electron chi connectivity index (χ3n) is 6.56. The highest BCUT2D eigenvalue weighted by Crippen LogP contribution is 2.44. The molecule has 0 spiro atoms. The number of primary amides is 1. The molecule has 0 aliphatic heterocycles. The van der Waals surface area contributed by atoms with Gasteiger partial charge in [-0.25, -0.2) is 9.37 Å². The topological polar surface area (TPSA) is 107 Å². The van der Waals surface area contributed by atoms with Crippen LogP contribution in [-0.4, -0.2) is 16.8 Å². The molecule has 0 aliphatic rings. The van der Waals surface area contributed by atoms with Crippen LogP contribution >= 0.6 is 11.3 Å². The highest BCUT2D eigenvalue weighted by molar-refractivity contribution is 7.21. The van der Waals surface area contributed by atoms with Crippen LogP contribution in [0.15, 0.2) is 71.1 Å². The van der Waals surface area contributed by atoms with E-state index in [1.165, 1.54) is 18.2 Å². The molecular weight excluding hydrogens is 586 g/mol. The van der Waals surface area contributed by atoms with Gasteiger partial charge < -0.3 is 20.2 Å². The van der Waals surface area contributed by atoms with Crippen molar-refractivity contribution in [3.05, 3.63) is 100 Å². The van der Waals surface area contributed by atoms with Gasteiger partial charge in [-0.05, 0) is 64.6 Å². The van der Waals surface area contributed by atoms with Gasteiger partial charge in [-0.15, -0.1) is 11.3 Å². The highest BCUT2D eigenvalue weighted by atomic mass is 32.1. The summed E-state index contributed by atoms with van der Waals surface area (Å²) in [4.78, 5) is 28.8. The molecule has 43 heavy (non-hydrogen) atoms. The molecular formula is C31H25F4N3O4S. The van der Waals surface area contributed by atoms with E-state index < -0.39 is 29.5 Å². The molecule has 5 aromatic rings. The second-order valence-corrected chi connectivity index (χ2v) is 11.7. The van der Waals surface area contributed by atoms with Crippen LogP contribution < -0.4 is 15.8 Å². The van der Waals surface area contributed by atoms with Crippen molar-refractivity contribution in [3.8, 4) is 16.9 Å². The van der Waals surface area contributed by atoms with Gasteiger partial charge in [0.05, 0.1) is 5.69 Å². The molecule has 3 aromatic heterocycles. The van der Waals surface area contributed by atoms with Crippen molar-refractivity contribution >= 4 is 39.1 Å². The van der Waals surface area contributed by atoms with Gasteiger partial charge in [-0.3, -0.25) is 9.59 Å². The summed E-state index contributed by atoms with van der Waals surface area (Å²) in [6.07, 6.45) is -4.81. The molecule has 2 amide bonds. The number of furan rings is 1. The van der Waals surface area contributed by atoms with E-state index in [9.17, 15) is 27.2 Å². The summed E-state index contributed by atoms with van der Waals surface area (Å²) in [7, 11) is 0. The number of aromatic nitrogens is 1. The second kappa shape index (κ2) is 11.2. The number of alkyl halides is 3. The van der Waals surface area contributed by atoms with Crippen LogP contribution in [0.4, 0.5) is 23.2 Å². The van der Waals surface area contributed by atoms with Gasteiger partial charge in [0, 0.05) is 5.39 Å². The Morgan fingerprint density at radius 2 is 1.67 bits per heavy atom. The second-order valence-electron chi connectivity index (χ2n) is 10.7. The summed E-state index contributed by atoms with van der Waals surface area (Å²) in [6.45, 7) is 6.32. The van der Waals surface area contributed by atoms with Crippen LogP contribution in [0.1, 0.15) is 58.0 Å². The monoisotopic (exact) mass is 611 g/mol. The van der Waals surface area contributed by atoms with Gasteiger partial charge in [0.25, 0.3) is 11.8 Å². The smallest absolute Gasteiger partial charge is 0.433 e. The van der Waals surface area contributed by atoms with E-state index in [0.29, 0.717) is 22.8 Å². The third-order valence-corrected chi connectivity index (χ3v) is 7.66. The predicted octanol–water partition coefficient (Wildman–Crippen LogP) is 7.94. The molecule has 3 N–H and O–H groups in total. The van der Waals surface area contributed by atoms with Crippen molar-refractivity contribution < 1.29 is 36.3 Å². The molecule has 222 valence electrons. The number of amides is 2. The highest BCUT2D eigenvalue weighted by Gasteiger charge is 2.35. The SMILES string of the molecule is CC(C)(C)c1ccc(OCc2ccc(C(=O)Nc3c(C(N)=O)sc4nc(C(F)(F)F)cc(-c5ccc(F)cc5)c34)o2)cc1. The number of hydrogen-bond donors (Lipinski definition) is 2. The summed E-state index contributed by atoms with van der Waals surface area (Å²) in [5.41, 5.74) is 5.49. The number of fused-ring (bicyclic) bond motifs is 1. The van der Waals surface area contributed by atoms with Crippen molar-refractivity contribution in [1.82, 2.24) is 4.98 Å². The van der Waals surface area contributed by atoms with Gasteiger partial charge in [0.2, 0.25) is 0 Å². The lowest BCUT2D eigenvalue weighted by Gasteiger charge is -2.19. The van der Waals surface area contributed by atoms with Gasteiger partial charge in [-0.1, -0.05) is 45.0 Å². The first-order chi connectivity index (χ1) is 20.2. The third kappa shape index (κ3) is 6.38. The lowest BCUT2D eigenvalue weighted by atomic mass is 9.87. The van der Waals surface area contributed by atoms with Crippen molar-refractivity contribution in [2.45, 2.75) is 39.0 Å². The van der Waals surface area contributed by atoms with Gasteiger partial charge in [0.15, 0.2) is 5.76 Å². The molecule has 2 aromatic carbocycles. The van der Waals surface area contributed by atoms with Crippen molar-refractivity contribution in [3.63, 3.8) is 0 Å². The Balaban J connectivity index is 1.45. The quantitative estimate of drug-likeness (QED) is 0.182. The molecule has 0 aliphatic carbocycles. The van der Waals surface area contributed by atoms with Crippen molar-refractivity contribution in [2.75, 3.05) is 5.32 Å². The maximum absolute atomic E-state index is 13.7. The number of hydrogen-bond acceptors (Lipinski definition) is 6. The number of carbonyl (C=O) groups excluding carboxylic acids is 2. The van der Waals surface area contributed by atoms with E-state index in [4.69, 9.17) is 14.9 Å². The Kier molecular flexibility index (Phi) is 7.74. The summed E-state index contributed by atoms with van der Waals surface area (Å²) in [6, 6.07) is 16.0. The number of nitrogens with zero attached hydrogens (tertiary/aromatic N) is 1. The fraction of sp³-hybridized carbons (Fsp3) is 0.194. The van der Waals surface area contributed by atoms with Crippen LogP contribution in [0.3, 0.4) is 0 Å². The minimum atomic E-state index is -4.81. The minimum Gasteiger partial charge on any atom is -0.486 e. The summed E-state index contributed by atoms with van der Waals surface area (Å²) < 4.78 is 66.2. The zero-order chi connectivity index (χ0) is 31.1. The van der Waals surface area contributed by atoms with Crippen LogP contribution in [0.5, 0.6) is 5.75 Å². The average molecular weight is 612 g/mol. The number of nitrogens with one attached hydrogen (secondary N) is 1. The molecule has 0 radical (unpaired) electrons. The predicted molar refractivity (Wildman–Crippen MR) is 155 cm³/mol. The number of benzene rings is 2. The first-order valence-electron chi connectivity index (χ1n) is 12.9. The fourth-order valence-corrected chi connectivity index (χ4v) is 5.36. The summed E-state index contributed by atoms with van der Waals surface area (Å²) in [5.74, 6) is -1.57. The number of anilines is 1. The largest absolute Gasteiger partial charge is 0.486 e. The molecule has 0 unspecified atom stereocenters. The van der Waals surface area contributed by atoms with Crippen molar-refractivity contribution in [1.29, 1.82) is 0 Å². The molecule has 3 heterocycles.